The first-order chi connectivity index (χ1) is 11.6. The zero-order chi connectivity index (χ0) is 16.7. The number of aromatic nitrogens is 4. The highest BCUT2D eigenvalue weighted by atomic mass is 35.5. The summed E-state index contributed by atoms with van der Waals surface area (Å²) in [6.07, 6.45) is 1.75. The summed E-state index contributed by atoms with van der Waals surface area (Å²) in [5, 5.41) is 14.7. The lowest BCUT2D eigenvalue weighted by molar-refractivity contribution is 0.540. The van der Waals surface area contributed by atoms with Crippen LogP contribution in [0.1, 0.15) is 17.2 Å². The lowest BCUT2D eigenvalue weighted by Gasteiger charge is -2.24. The summed E-state index contributed by atoms with van der Waals surface area (Å²) in [4.78, 5) is 0. The molecule has 0 saturated carbocycles. The summed E-state index contributed by atoms with van der Waals surface area (Å²) in [7, 11) is 0. The first kappa shape index (κ1) is 14.8. The molecule has 0 spiro atoms. The van der Waals surface area contributed by atoms with Crippen molar-refractivity contribution in [2.75, 3.05) is 5.32 Å². The van der Waals surface area contributed by atoms with Crippen LogP contribution in [0.25, 0.3) is 5.70 Å². The summed E-state index contributed by atoms with van der Waals surface area (Å²) in [5.74, 6) is -0.444. The Balaban J connectivity index is 1.87. The van der Waals surface area contributed by atoms with Crippen molar-refractivity contribution >= 4 is 23.2 Å². The Kier molecular flexibility index (Phi) is 3.50. The van der Waals surface area contributed by atoms with Crippen LogP contribution in [0.5, 0.6) is 0 Å². The molecule has 2 aromatic carbocycles. The van der Waals surface area contributed by atoms with Crippen LogP contribution in [0, 0.1) is 11.6 Å². The van der Waals surface area contributed by atoms with E-state index in [1.165, 1.54) is 28.9 Å². The summed E-state index contributed by atoms with van der Waals surface area (Å²) in [6, 6.07) is 9.79. The molecule has 1 aromatic heterocycles. The smallest absolute Gasteiger partial charge is 0.248 e. The van der Waals surface area contributed by atoms with E-state index in [4.69, 9.17) is 11.6 Å². The minimum Gasteiger partial charge on any atom is -0.323 e. The molecule has 0 aliphatic carbocycles. The molecule has 0 radical (unpaired) electrons. The standard InChI is InChI=1S/C16H10ClF2N5/c17-11-2-1-3-12(19)15(11)14-8-13(9-4-6-10(18)7-5-9)20-16-21-22-23-24(14)16/h1-8,14H,(H,20,21,23)/t14-/m1/s1. The van der Waals surface area contributed by atoms with Gasteiger partial charge in [-0.2, -0.15) is 4.68 Å². The summed E-state index contributed by atoms with van der Waals surface area (Å²) in [6.45, 7) is 0. The topological polar surface area (TPSA) is 55.6 Å². The average Bonchev–Trinajstić information content (AvgIpc) is 3.04. The molecular formula is C16H10ClF2N5. The maximum absolute atomic E-state index is 14.4. The second-order valence-electron chi connectivity index (χ2n) is 5.24. The number of tetrazole rings is 1. The molecule has 0 bridgehead atoms. The molecule has 4 rings (SSSR count). The zero-order valence-electron chi connectivity index (χ0n) is 12.1. The van der Waals surface area contributed by atoms with Crippen molar-refractivity contribution in [3.05, 3.63) is 76.3 Å². The number of hydrogen-bond acceptors (Lipinski definition) is 4. The van der Waals surface area contributed by atoms with Crippen molar-refractivity contribution < 1.29 is 8.78 Å². The van der Waals surface area contributed by atoms with Gasteiger partial charge in [0.05, 0.1) is 0 Å². The van der Waals surface area contributed by atoms with Gasteiger partial charge in [-0.1, -0.05) is 22.8 Å². The Labute approximate surface area is 140 Å². The zero-order valence-corrected chi connectivity index (χ0v) is 12.9. The van der Waals surface area contributed by atoms with Gasteiger partial charge in [0.15, 0.2) is 0 Å². The second-order valence-corrected chi connectivity index (χ2v) is 5.65. The molecule has 1 aliphatic rings. The normalized spacial score (nSPS) is 16.3. The molecule has 1 aliphatic heterocycles. The van der Waals surface area contributed by atoms with E-state index in [1.54, 1.807) is 24.3 Å². The van der Waals surface area contributed by atoms with E-state index in [0.717, 1.165) is 5.56 Å². The Hall–Kier alpha value is -2.80. The van der Waals surface area contributed by atoms with Crippen LogP contribution in [0.4, 0.5) is 14.7 Å². The Morgan fingerprint density at radius 3 is 2.62 bits per heavy atom. The molecule has 24 heavy (non-hydrogen) atoms. The highest BCUT2D eigenvalue weighted by Crippen LogP contribution is 2.35. The number of nitrogens with zero attached hydrogens (tertiary/aromatic N) is 4. The molecule has 0 fully saturated rings. The quantitative estimate of drug-likeness (QED) is 0.770. The number of halogens is 3. The van der Waals surface area contributed by atoms with Crippen LogP contribution in [-0.4, -0.2) is 20.2 Å². The van der Waals surface area contributed by atoms with Gasteiger partial charge in [-0.15, -0.1) is 0 Å². The van der Waals surface area contributed by atoms with Crippen molar-refractivity contribution in [2.45, 2.75) is 6.04 Å². The van der Waals surface area contributed by atoms with Crippen molar-refractivity contribution in [2.24, 2.45) is 0 Å². The number of allylic oxidation sites excluding steroid dienone is 1. The van der Waals surface area contributed by atoms with Gasteiger partial charge in [-0.3, -0.25) is 0 Å². The van der Waals surface area contributed by atoms with Gasteiger partial charge in [0.1, 0.15) is 17.7 Å². The molecule has 2 heterocycles. The number of rotatable bonds is 2. The van der Waals surface area contributed by atoms with Crippen molar-refractivity contribution in [3.63, 3.8) is 0 Å². The average molecular weight is 346 g/mol. The highest BCUT2D eigenvalue weighted by Gasteiger charge is 2.28. The van der Waals surface area contributed by atoms with E-state index < -0.39 is 11.9 Å². The first-order valence-electron chi connectivity index (χ1n) is 7.10. The Morgan fingerprint density at radius 1 is 1.08 bits per heavy atom. The van der Waals surface area contributed by atoms with Crippen molar-refractivity contribution in [3.8, 4) is 0 Å². The molecule has 3 aromatic rings. The predicted octanol–water partition coefficient (Wildman–Crippen LogP) is 3.66. The largest absolute Gasteiger partial charge is 0.323 e. The van der Waals surface area contributed by atoms with E-state index >= 15 is 0 Å². The number of nitrogens with one attached hydrogen (secondary N) is 1. The Morgan fingerprint density at radius 2 is 1.88 bits per heavy atom. The van der Waals surface area contributed by atoms with Gasteiger partial charge in [-0.05, 0) is 58.5 Å². The summed E-state index contributed by atoms with van der Waals surface area (Å²) in [5.41, 5.74) is 1.64. The van der Waals surface area contributed by atoms with Gasteiger partial charge >= 0.3 is 0 Å². The van der Waals surface area contributed by atoms with Gasteiger partial charge < -0.3 is 5.32 Å². The van der Waals surface area contributed by atoms with Gasteiger partial charge in [-0.25, -0.2) is 8.78 Å². The minimum atomic E-state index is -0.620. The highest BCUT2D eigenvalue weighted by molar-refractivity contribution is 6.31. The molecule has 8 heteroatoms. The second kappa shape index (κ2) is 5.68. The molecule has 5 nitrogen and oxygen atoms in total. The van der Waals surface area contributed by atoms with Gasteiger partial charge in [0.25, 0.3) is 0 Å². The first-order valence-corrected chi connectivity index (χ1v) is 7.48. The SMILES string of the molecule is Fc1ccc(C2=C[C@H](c3c(F)cccc3Cl)n3nnnc3N2)cc1. The predicted molar refractivity (Wildman–Crippen MR) is 85.4 cm³/mol. The van der Waals surface area contributed by atoms with E-state index in [9.17, 15) is 8.78 Å². The number of benzene rings is 2. The molecule has 120 valence electrons. The molecule has 0 unspecified atom stereocenters. The van der Waals surface area contributed by atoms with Crippen LogP contribution < -0.4 is 5.32 Å². The third-order valence-corrected chi connectivity index (χ3v) is 4.11. The summed E-state index contributed by atoms with van der Waals surface area (Å²) < 4.78 is 28.9. The molecule has 1 atom stereocenters. The van der Waals surface area contributed by atoms with Crippen LogP contribution in [0.2, 0.25) is 5.02 Å². The van der Waals surface area contributed by atoms with Crippen molar-refractivity contribution in [1.82, 2.24) is 20.2 Å². The fourth-order valence-corrected chi connectivity index (χ4v) is 2.93. The van der Waals surface area contributed by atoms with E-state index in [0.29, 0.717) is 11.6 Å². The molecule has 0 amide bonds. The molecule has 0 saturated heterocycles. The van der Waals surface area contributed by atoms with Crippen LogP contribution in [0.15, 0.2) is 48.5 Å². The number of anilines is 1. The Bertz CT molecular complexity index is 916. The maximum Gasteiger partial charge on any atom is 0.248 e. The van der Waals surface area contributed by atoms with E-state index in [2.05, 4.69) is 20.8 Å². The third-order valence-electron chi connectivity index (χ3n) is 3.78. The maximum atomic E-state index is 14.4. The molecule has 1 N–H and O–H groups in total. The fraction of sp³-hybridized carbons (Fsp3) is 0.0625. The van der Waals surface area contributed by atoms with Crippen LogP contribution in [0.3, 0.4) is 0 Å². The monoisotopic (exact) mass is 345 g/mol. The number of hydrogen-bond donors (Lipinski definition) is 1. The van der Waals surface area contributed by atoms with Crippen LogP contribution in [-0.2, 0) is 0 Å². The minimum absolute atomic E-state index is 0.272. The molecular weight excluding hydrogens is 336 g/mol. The lowest BCUT2D eigenvalue weighted by atomic mass is 10.0. The number of fused-ring (bicyclic) bond motifs is 1. The van der Waals surface area contributed by atoms with Gasteiger partial charge in [0, 0.05) is 16.3 Å². The van der Waals surface area contributed by atoms with Crippen LogP contribution >= 0.6 is 11.6 Å². The third kappa shape index (κ3) is 2.43. The van der Waals surface area contributed by atoms with Crippen molar-refractivity contribution in [1.29, 1.82) is 0 Å². The summed E-state index contributed by atoms with van der Waals surface area (Å²) >= 11 is 6.19. The van der Waals surface area contributed by atoms with E-state index in [-0.39, 0.29) is 16.4 Å². The lowest BCUT2D eigenvalue weighted by Crippen LogP contribution is -2.21. The van der Waals surface area contributed by atoms with Gasteiger partial charge in [0.2, 0.25) is 5.95 Å². The fourth-order valence-electron chi connectivity index (χ4n) is 2.65. The van der Waals surface area contributed by atoms with E-state index in [1.807, 2.05) is 0 Å².